The fourth-order valence-corrected chi connectivity index (χ4v) is 7.50. The lowest BCUT2D eigenvalue weighted by molar-refractivity contribution is -0.680. The molecule has 0 bridgehead atoms. The van der Waals surface area contributed by atoms with Crippen molar-refractivity contribution in [2.45, 2.75) is 26.2 Å². The maximum atomic E-state index is 2.48. The molecule has 0 spiro atoms. The van der Waals surface area contributed by atoms with Gasteiger partial charge in [-0.3, -0.25) is 0 Å². The van der Waals surface area contributed by atoms with Crippen LogP contribution in [0.2, 0.25) is 0 Å². The minimum Gasteiger partial charge on any atom is -0.219 e. The van der Waals surface area contributed by atoms with Gasteiger partial charge in [-0.15, -0.1) is 0 Å². The fraction of sp³-hybridized carbons (Fsp3) is 0.182. The summed E-state index contributed by atoms with van der Waals surface area (Å²) in [5, 5.41) is 4.93. The molecular weight excluding hydrogens is 599 g/mol. The van der Waals surface area contributed by atoms with E-state index in [-0.39, 0.29) is 5.41 Å². The third-order valence-corrected chi connectivity index (χ3v) is 10.1. The van der Waals surface area contributed by atoms with Crippen molar-refractivity contribution in [1.82, 2.24) is 4.57 Å². The number of nitrogens with zero attached hydrogens (tertiary/aromatic N) is 5. The number of fused-ring (bicyclic) bond motifs is 6. The Labute approximate surface area is 288 Å². The van der Waals surface area contributed by atoms with Gasteiger partial charge >= 0.3 is 5.82 Å². The molecule has 0 aliphatic rings. The van der Waals surface area contributed by atoms with Crippen molar-refractivity contribution in [2.24, 2.45) is 28.2 Å². The first-order valence-corrected chi connectivity index (χ1v) is 17.0. The van der Waals surface area contributed by atoms with Crippen molar-refractivity contribution in [3.8, 4) is 39.7 Å². The van der Waals surface area contributed by atoms with E-state index in [1.807, 2.05) is 0 Å². The Morgan fingerprint density at radius 3 is 1.49 bits per heavy atom. The van der Waals surface area contributed by atoms with Crippen LogP contribution in [-0.2, 0) is 33.6 Å². The topological polar surface area (TPSA) is 20.4 Å². The number of aryl methyl sites for hydroxylation is 4. The van der Waals surface area contributed by atoms with E-state index in [1.165, 1.54) is 60.7 Å². The van der Waals surface area contributed by atoms with Crippen LogP contribution in [-0.4, -0.2) is 4.57 Å². The van der Waals surface area contributed by atoms with Gasteiger partial charge in [-0.25, -0.2) is 13.7 Å². The average molecular weight is 642 g/mol. The third kappa shape index (κ3) is 5.00. The highest BCUT2D eigenvalue weighted by atomic mass is 15.2. The van der Waals surface area contributed by atoms with E-state index in [4.69, 9.17) is 0 Å². The molecule has 8 aromatic rings. The summed E-state index contributed by atoms with van der Waals surface area (Å²) in [7, 11) is 8.59. The minimum atomic E-state index is 0.0661. The van der Waals surface area contributed by atoms with Gasteiger partial charge < -0.3 is 0 Å². The van der Waals surface area contributed by atoms with Gasteiger partial charge in [0.2, 0.25) is 11.4 Å². The van der Waals surface area contributed by atoms with Crippen LogP contribution < -0.4 is 18.3 Å². The van der Waals surface area contributed by atoms with E-state index in [2.05, 4.69) is 206 Å². The molecule has 0 aliphatic carbocycles. The number of benzene rings is 4. The van der Waals surface area contributed by atoms with Gasteiger partial charge in [-0.2, -0.15) is 9.13 Å². The molecule has 4 aromatic carbocycles. The molecule has 0 N–H and O–H groups in total. The molecule has 0 aliphatic heterocycles. The molecule has 0 atom stereocenters. The molecule has 4 aromatic heterocycles. The summed E-state index contributed by atoms with van der Waals surface area (Å²) < 4.78 is 11.5. The zero-order chi connectivity index (χ0) is 34.0. The second-order valence-electron chi connectivity index (χ2n) is 14.3. The lowest BCUT2D eigenvalue weighted by Gasteiger charge is -2.18. The molecule has 0 saturated heterocycles. The van der Waals surface area contributed by atoms with Crippen LogP contribution in [0, 0.1) is 0 Å². The summed E-state index contributed by atoms with van der Waals surface area (Å²) >= 11 is 0. The SMILES string of the molecule is C[n+]1ccccc1-c1ccc2c(c1)c1cc(-c3cccc[n+]3C)ccc1c1c2n(-c2ccc(C(C)(C)C)cc2)c(-c2cccc[n+]2C)[n+]1C. The monoisotopic (exact) mass is 641 g/mol. The van der Waals surface area contributed by atoms with E-state index < -0.39 is 0 Å². The molecule has 5 nitrogen and oxygen atoms in total. The highest BCUT2D eigenvalue weighted by molar-refractivity contribution is 6.24. The van der Waals surface area contributed by atoms with E-state index >= 15 is 0 Å². The van der Waals surface area contributed by atoms with Gasteiger partial charge in [0.25, 0.3) is 5.69 Å². The van der Waals surface area contributed by atoms with E-state index in [0.29, 0.717) is 0 Å². The fourth-order valence-electron chi connectivity index (χ4n) is 7.50. The summed E-state index contributed by atoms with van der Waals surface area (Å²) in [4.78, 5) is 0. The maximum Gasteiger partial charge on any atom is 0.360 e. The van der Waals surface area contributed by atoms with Crippen molar-refractivity contribution >= 4 is 32.6 Å². The average Bonchev–Trinajstić information content (AvgIpc) is 3.41. The maximum absolute atomic E-state index is 2.48. The standard InChI is InChI=1S/C44H43N5/c1-44(2,3)32-19-21-33(22-20-32)49-42-35-24-18-31(39-15-9-12-26-46(39)5)29-37(35)36-28-30(38-14-8-11-25-45(38)4)17-23-34(36)41(42)48(7)43(49)40-16-10-13-27-47(40)6/h8-29H,1-7H3/q+4. The van der Waals surface area contributed by atoms with Crippen LogP contribution in [0.4, 0.5) is 0 Å². The molecule has 0 fully saturated rings. The van der Waals surface area contributed by atoms with Crippen LogP contribution >= 0.6 is 0 Å². The predicted octanol–water partition coefficient (Wildman–Crippen LogP) is 7.53. The largest absolute Gasteiger partial charge is 0.360 e. The Morgan fingerprint density at radius 1 is 0.490 bits per heavy atom. The van der Waals surface area contributed by atoms with Crippen molar-refractivity contribution in [3.63, 3.8) is 0 Å². The second-order valence-corrected chi connectivity index (χ2v) is 14.3. The molecule has 0 radical (unpaired) electrons. The molecule has 5 heteroatoms. The van der Waals surface area contributed by atoms with Gasteiger partial charge in [0.05, 0.1) is 7.05 Å². The Kier molecular flexibility index (Phi) is 7.18. The van der Waals surface area contributed by atoms with Crippen molar-refractivity contribution in [2.75, 3.05) is 0 Å². The predicted molar refractivity (Wildman–Crippen MR) is 198 cm³/mol. The van der Waals surface area contributed by atoms with Crippen LogP contribution in [0.25, 0.3) is 72.3 Å². The van der Waals surface area contributed by atoms with E-state index in [0.717, 1.165) is 17.2 Å². The number of pyridine rings is 3. The molecule has 8 rings (SSSR count). The van der Waals surface area contributed by atoms with Crippen LogP contribution in [0.5, 0.6) is 0 Å². The van der Waals surface area contributed by atoms with Gasteiger partial charge in [0.1, 0.15) is 26.8 Å². The van der Waals surface area contributed by atoms with Gasteiger partial charge in [-0.05, 0) is 88.5 Å². The summed E-state index contributed by atoms with van der Waals surface area (Å²) in [6.45, 7) is 6.82. The summed E-state index contributed by atoms with van der Waals surface area (Å²) in [6, 6.07) is 42.4. The smallest absolute Gasteiger partial charge is 0.219 e. The molecule has 0 unspecified atom stereocenters. The van der Waals surface area contributed by atoms with Crippen molar-refractivity contribution < 1.29 is 18.3 Å². The van der Waals surface area contributed by atoms with Gasteiger partial charge in [-0.1, -0.05) is 32.9 Å². The second kappa shape index (κ2) is 11.5. The van der Waals surface area contributed by atoms with Crippen LogP contribution in [0.15, 0.2) is 134 Å². The first-order valence-electron chi connectivity index (χ1n) is 17.0. The Bertz CT molecular complexity index is 2570. The lowest BCUT2D eigenvalue weighted by atomic mass is 9.87. The quantitative estimate of drug-likeness (QED) is 0.140. The van der Waals surface area contributed by atoms with E-state index in [1.54, 1.807) is 0 Å². The minimum absolute atomic E-state index is 0.0661. The third-order valence-electron chi connectivity index (χ3n) is 10.1. The molecular formula is C44H43N5+4. The summed E-state index contributed by atoms with van der Waals surface area (Å²) in [5.74, 6) is 1.13. The number of imidazole rings is 1. The molecule has 240 valence electrons. The Hall–Kier alpha value is -5.68. The normalized spacial score (nSPS) is 12.0. The molecule has 0 saturated carbocycles. The highest BCUT2D eigenvalue weighted by Crippen LogP contribution is 2.40. The van der Waals surface area contributed by atoms with Crippen LogP contribution in [0.1, 0.15) is 26.3 Å². The number of aromatic nitrogens is 5. The van der Waals surface area contributed by atoms with Gasteiger partial charge in [0, 0.05) is 58.3 Å². The Morgan fingerprint density at radius 2 is 0.980 bits per heavy atom. The molecule has 4 heterocycles. The van der Waals surface area contributed by atoms with Crippen LogP contribution in [0.3, 0.4) is 0 Å². The molecule has 0 amide bonds. The first kappa shape index (κ1) is 30.6. The summed E-state index contributed by atoms with van der Waals surface area (Å²) in [6.07, 6.45) is 6.37. The van der Waals surface area contributed by atoms with Gasteiger partial charge in [0.15, 0.2) is 29.6 Å². The zero-order valence-electron chi connectivity index (χ0n) is 29.4. The number of hydrogen-bond acceptors (Lipinski definition) is 0. The Balaban J connectivity index is 1.56. The lowest BCUT2D eigenvalue weighted by Crippen LogP contribution is -2.38. The number of hydrogen-bond donors (Lipinski definition) is 0. The molecule has 49 heavy (non-hydrogen) atoms. The first-order chi connectivity index (χ1) is 23.6. The van der Waals surface area contributed by atoms with E-state index in [9.17, 15) is 0 Å². The van der Waals surface area contributed by atoms with Crippen molar-refractivity contribution in [1.29, 1.82) is 0 Å². The zero-order valence-corrected chi connectivity index (χ0v) is 29.4. The summed E-state index contributed by atoms with van der Waals surface area (Å²) in [5.41, 5.74) is 10.8. The number of rotatable bonds is 4. The van der Waals surface area contributed by atoms with Crippen molar-refractivity contribution in [3.05, 3.63) is 139 Å². The highest BCUT2D eigenvalue weighted by Gasteiger charge is 2.34.